The van der Waals surface area contributed by atoms with Crippen LogP contribution in [0.25, 0.3) is 0 Å². The number of rotatable bonds is 6. The zero-order chi connectivity index (χ0) is 13.1. The molecule has 0 amide bonds. The molecule has 0 aliphatic carbocycles. The van der Waals surface area contributed by atoms with E-state index in [9.17, 15) is 18.3 Å². The SMILES string of the molecule is CCOCCS(=O)(=O)N1C[C@@H](O)C[C@H]1C(=O)O. The molecule has 0 aromatic heterocycles. The Bertz CT molecular complexity index is 368. The molecule has 17 heavy (non-hydrogen) atoms. The van der Waals surface area contributed by atoms with Gasteiger partial charge in [-0.25, -0.2) is 8.42 Å². The molecule has 0 bridgehead atoms. The molecule has 100 valence electrons. The van der Waals surface area contributed by atoms with Gasteiger partial charge in [-0.3, -0.25) is 4.79 Å². The van der Waals surface area contributed by atoms with E-state index in [1.54, 1.807) is 6.92 Å². The monoisotopic (exact) mass is 267 g/mol. The number of carbonyl (C=O) groups is 1. The summed E-state index contributed by atoms with van der Waals surface area (Å²) < 4.78 is 29.5. The van der Waals surface area contributed by atoms with Crippen molar-refractivity contribution in [2.45, 2.75) is 25.5 Å². The molecule has 0 radical (unpaired) electrons. The maximum Gasteiger partial charge on any atom is 0.322 e. The van der Waals surface area contributed by atoms with Crippen molar-refractivity contribution in [1.29, 1.82) is 0 Å². The Hall–Kier alpha value is -0.700. The largest absolute Gasteiger partial charge is 0.480 e. The summed E-state index contributed by atoms with van der Waals surface area (Å²) in [5.74, 6) is -1.50. The van der Waals surface area contributed by atoms with E-state index >= 15 is 0 Å². The van der Waals surface area contributed by atoms with Gasteiger partial charge in [0.25, 0.3) is 0 Å². The molecule has 2 atom stereocenters. The Morgan fingerprint density at radius 1 is 1.53 bits per heavy atom. The lowest BCUT2D eigenvalue weighted by molar-refractivity contribution is -0.140. The summed E-state index contributed by atoms with van der Waals surface area (Å²) in [5.41, 5.74) is 0. The first-order chi connectivity index (χ1) is 7.88. The second-order valence-corrected chi connectivity index (χ2v) is 5.87. The number of aliphatic hydroxyl groups is 1. The number of aliphatic carboxylic acids is 1. The molecule has 0 aromatic rings. The Morgan fingerprint density at radius 3 is 2.71 bits per heavy atom. The molecule has 1 fully saturated rings. The van der Waals surface area contributed by atoms with Crippen LogP contribution >= 0.6 is 0 Å². The van der Waals surface area contributed by atoms with E-state index in [0.717, 1.165) is 4.31 Å². The number of hydrogen-bond acceptors (Lipinski definition) is 5. The molecule has 7 nitrogen and oxygen atoms in total. The highest BCUT2D eigenvalue weighted by Gasteiger charge is 2.42. The van der Waals surface area contributed by atoms with E-state index in [1.165, 1.54) is 0 Å². The number of sulfonamides is 1. The predicted octanol–water partition coefficient (Wildman–Crippen LogP) is -1.13. The lowest BCUT2D eigenvalue weighted by Crippen LogP contribution is -2.42. The molecule has 0 aromatic carbocycles. The quantitative estimate of drug-likeness (QED) is 0.590. The minimum Gasteiger partial charge on any atom is -0.480 e. The summed E-state index contributed by atoms with van der Waals surface area (Å²) >= 11 is 0. The van der Waals surface area contributed by atoms with Crippen molar-refractivity contribution in [1.82, 2.24) is 4.31 Å². The Kier molecular flexibility index (Phi) is 4.87. The molecule has 1 aliphatic rings. The first-order valence-corrected chi connectivity index (χ1v) is 6.97. The molecular formula is C9H17NO6S. The zero-order valence-electron chi connectivity index (χ0n) is 9.57. The fourth-order valence-electron chi connectivity index (χ4n) is 1.74. The van der Waals surface area contributed by atoms with Crippen molar-refractivity contribution >= 4 is 16.0 Å². The highest BCUT2D eigenvalue weighted by molar-refractivity contribution is 7.89. The predicted molar refractivity (Wildman–Crippen MR) is 59.0 cm³/mol. The smallest absolute Gasteiger partial charge is 0.322 e. The second kappa shape index (κ2) is 5.76. The van der Waals surface area contributed by atoms with Gasteiger partial charge in [-0.05, 0) is 6.92 Å². The Labute approximate surface area is 100 Å². The lowest BCUT2D eigenvalue weighted by Gasteiger charge is -2.20. The van der Waals surface area contributed by atoms with Crippen LogP contribution in [0.2, 0.25) is 0 Å². The second-order valence-electron chi connectivity index (χ2n) is 3.83. The zero-order valence-corrected chi connectivity index (χ0v) is 10.4. The maximum atomic E-state index is 11.8. The molecule has 2 N–H and O–H groups in total. The van der Waals surface area contributed by atoms with Crippen LogP contribution in [0.4, 0.5) is 0 Å². The van der Waals surface area contributed by atoms with Crippen LogP contribution in [-0.4, -0.2) is 66.6 Å². The van der Waals surface area contributed by atoms with Gasteiger partial charge in [-0.1, -0.05) is 0 Å². The van der Waals surface area contributed by atoms with Crippen LogP contribution < -0.4 is 0 Å². The molecule has 1 heterocycles. The van der Waals surface area contributed by atoms with Gasteiger partial charge >= 0.3 is 5.97 Å². The van der Waals surface area contributed by atoms with Crippen molar-refractivity contribution < 1.29 is 28.2 Å². The van der Waals surface area contributed by atoms with Gasteiger partial charge in [-0.2, -0.15) is 4.31 Å². The van der Waals surface area contributed by atoms with E-state index in [-0.39, 0.29) is 25.3 Å². The molecule has 0 spiro atoms. The van der Waals surface area contributed by atoms with Gasteiger partial charge < -0.3 is 14.9 Å². The first-order valence-electron chi connectivity index (χ1n) is 5.36. The molecule has 1 rings (SSSR count). The van der Waals surface area contributed by atoms with E-state index < -0.39 is 28.1 Å². The normalized spacial score (nSPS) is 26.2. The molecule has 1 saturated heterocycles. The van der Waals surface area contributed by atoms with Crippen LogP contribution in [-0.2, 0) is 19.6 Å². The molecule has 0 saturated carbocycles. The average Bonchev–Trinajstić information content (AvgIpc) is 2.61. The fraction of sp³-hybridized carbons (Fsp3) is 0.889. The van der Waals surface area contributed by atoms with Crippen LogP contribution in [0.3, 0.4) is 0 Å². The lowest BCUT2D eigenvalue weighted by atomic mass is 10.2. The van der Waals surface area contributed by atoms with Gasteiger partial charge in [0.1, 0.15) is 6.04 Å². The molecule has 1 aliphatic heterocycles. The van der Waals surface area contributed by atoms with Gasteiger partial charge in [0.15, 0.2) is 0 Å². The third-order valence-corrected chi connectivity index (χ3v) is 4.37. The number of carboxylic acids is 1. The van der Waals surface area contributed by atoms with Crippen molar-refractivity contribution in [2.75, 3.05) is 25.5 Å². The van der Waals surface area contributed by atoms with Gasteiger partial charge in [-0.15, -0.1) is 0 Å². The fourth-order valence-corrected chi connectivity index (χ4v) is 3.27. The standard InChI is InChI=1S/C9H17NO6S/c1-2-16-3-4-17(14,15)10-6-7(11)5-8(10)9(12)13/h7-8,11H,2-6H2,1H3,(H,12,13)/t7-,8-/m0/s1. The Balaban J connectivity index is 2.72. The van der Waals surface area contributed by atoms with Crippen molar-refractivity contribution in [3.63, 3.8) is 0 Å². The van der Waals surface area contributed by atoms with Gasteiger partial charge in [0.05, 0.1) is 18.5 Å². The van der Waals surface area contributed by atoms with Crippen LogP contribution in [0, 0.1) is 0 Å². The van der Waals surface area contributed by atoms with Crippen LogP contribution in [0.1, 0.15) is 13.3 Å². The van der Waals surface area contributed by atoms with Gasteiger partial charge in [0.2, 0.25) is 10.0 Å². The number of hydrogen-bond donors (Lipinski definition) is 2. The minimum absolute atomic E-state index is 0.0256. The van der Waals surface area contributed by atoms with Crippen molar-refractivity contribution in [3.8, 4) is 0 Å². The minimum atomic E-state index is -3.69. The number of nitrogens with zero attached hydrogens (tertiary/aromatic N) is 1. The summed E-state index contributed by atoms with van der Waals surface area (Å²) in [6.07, 6.45) is -0.985. The van der Waals surface area contributed by atoms with E-state index in [4.69, 9.17) is 9.84 Å². The highest BCUT2D eigenvalue weighted by atomic mass is 32.2. The first kappa shape index (κ1) is 14.4. The third-order valence-electron chi connectivity index (χ3n) is 2.57. The molecule has 0 unspecified atom stereocenters. The van der Waals surface area contributed by atoms with E-state index in [1.807, 2.05) is 0 Å². The van der Waals surface area contributed by atoms with Crippen LogP contribution in [0.15, 0.2) is 0 Å². The van der Waals surface area contributed by atoms with E-state index in [0.29, 0.717) is 6.61 Å². The Morgan fingerprint density at radius 2 is 2.18 bits per heavy atom. The molecule has 8 heteroatoms. The summed E-state index contributed by atoms with van der Waals surface area (Å²) in [6.45, 7) is 2.01. The van der Waals surface area contributed by atoms with Crippen molar-refractivity contribution in [2.24, 2.45) is 0 Å². The van der Waals surface area contributed by atoms with E-state index in [2.05, 4.69) is 0 Å². The summed E-state index contributed by atoms with van der Waals surface area (Å²) in [6, 6.07) is -1.17. The maximum absolute atomic E-state index is 11.8. The van der Waals surface area contributed by atoms with Crippen LogP contribution in [0.5, 0.6) is 0 Å². The highest BCUT2D eigenvalue weighted by Crippen LogP contribution is 2.22. The number of β-amino-alcohol motifs (C(OH)–C–C–N with tert-alkyl or cyclic N) is 1. The third kappa shape index (κ3) is 3.63. The number of carboxylic acid groups (broad SMARTS) is 1. The summed E-state index contributed by atoms with van der Waals surface area (Å²) in [7, 11) is -3.69. The summed E-state index contributed by atoms with van der Waals surface area (Å²) in [5, 5.41) is 18.2. The number of aliphatic hydroxyl groups excluding tert-OH is 1. The van der Waals surface area contributed by atoms with Gasteiger partial charge in [0, 0.05) is 19.6 Å². The number of ether oxygens (including phenoxy) is 1. The summed E-state index contributed by atoms with van der Waals surface area (Å²) in [4.78, 5) is 10.9. The topological polar surface area (TPSA) is 104 Å². The average molecular weight is 267 g/mol. The van der Waals surface area contributed by atoms with Crippen molar-refractivity contribution in [3.05, 3.63) is 0 Å². The molecular weight excluding hydrogens is 250 g/mol.